The third-order valence-corrected chi connectivity index (χ3v) is 3.81. The van der Waals surface area contributed by atoms with Crippen LogP contribution < -0.4 is 15.4 Å². The fourth-order valence-electron chi connectivity index (χ4n) is 2.64. The fraction of sp³-hybridized carbons (Fsp3) is 0.667. The highest BCUT2D eigenvalue weighted by molar-refractivity contribution is 5.48. The topological polar surface area (TPSA) is 54.6 Å². The number of anilines is 1. The van der Waals surface area contributed by atoms with Crippen LogP contribution in [0.5, 0.6) is 5.88 Å². The van der Waals surface area contributed by atoms with Crippen LogP contribution in [0.25, 0.3) is 0 Å². The summed E-state index contributed by atoms with van der Waals surface area (Å²) in [6, 6.07) is 4.08. The lowest BCUT2D eigenvalue weighted by molar-refractivity contribution is 0.288. The van der Waals surface area contributed by atoms with Crippen LogP contribution in [-0.2, 0) is 0 Å². The van der Waals surface area contributed by atoms with Crippen molar-refractivity contribution in [1.29, 1.82) is 0 Å². The maximum absolute atomic E-state index is 5.56. The van der Waals surface area contributed by atoms with E-state index < -0.39 is 0 Å². The first-order valence-electron chi connectivity index (χ1n) is 7.51. The van der Waals surface area contributed by atoms with Gasteiger partial charge in [-0.25, -0.2) is 4.98 Å². The second-order valence-electron chi connectivity index (χ2n) is 5.23. The number of nitrogens with zero attached hydrogens (tertiary/aromatic N) is 3. The lowest BCUT2D eigenvalue weighted by atomic mass is 10.3. The third-order valence-electron chi connectivity index (χ3n) is 3.81. The van der Waals surface area contributed by atoms with Crippen LogP contribution in [0, 0.1) is 0 Å². The highest BCUT2D eigenvalue weighted by Crippen LogP contribution is 2.20. The molecule has 0 unspecified atom stereocenters. The summed E-state index contributed by atoms with van der Waals surface area (Å²) in [6.45, 7) is 6.44. The highest BCUT2D eigenvalue weighted by atomic mass is 16.5. The Morgan fingerprint density at radius 2 is 2.15 bits per heavy atom. The summed E-state index contributed by atoms with van der Waals surface area (Å²) in [6.07, 6.45) is 5.35. The number of methoxy groups -OCH3 is 1. The molecule has 1 aromatic rings. The fourth-order valence-corrected chi connectivity index (χ4v) is 2.64. The molecule has 5 nitrogen and oxygen atoms in total. The molecule has 5 heteroatoms. The molecule has 1 aliphatic heterocycles. The van der Waals surface area contributed by atoms with Crippen molar-refractivity contribution in [2.45, 2.75) is 19.3 Å². The standard InChI is InChI=1S/C15H26N4O/c1-20-15-13-14(5-7-17-15)19-10-4-9-18(11-12-19)8-3-2-6-16/h5,7,13H,2-4,6,8-12,16H2,1H3. The molecule has 20 heavy (non-hydrogen) atoms. The predicted octanol–water partition coefficient (Wildman–Crippen LogP) is 1.34. The maximum Gasteiger partial charge on any atom is 0.214 e. The molecule has 1 aromatic heterocycles. The predicted molar refractivity (Wildman–Crippen MR) is 82.3 cm³/mol. The first-order valence-corrected chi connectivity index (χ1v) is 7.51. The largest absolute Gasteiger partial charge is 0.481 e. The van der Waals surface area contributed by atoms with Crippen molar-refractivity contribution in [3.05, 3.63) is 18.3 Å². The van der Waals surface area contributed by atoms with Gasteiger partial charge in [0.25, 0.3) is 0 Å². The zero-order valence-corrected chi connectivity index (χ0v) is 12.4. The van der Waals surface area contributed by atoms with Gasteiger partial charge in [-0.15, -0.1) is 0 Å². The lowest BCUT2D eigenvalue weighted by Crippen LogP contribution is -2.31. The van der Waals surface area contributed by atoms with Crippen LogP contribution in [-0.4, -0.2) is 56.3 Å². The van der Waals surface area contributed by atoms with E-state index in [0.29, 0.717) is 5.88 Å². The van der Waals surface area contributed by atoms with Crippen molar-refractivity contribution in [2.24, 2.45) is 5.73 Å². The van der Waals surface area contributed by atoms with E-state index in [1.54, 1.807) is 7.11 Å². The summed E-state index contributed by atoms with van der Waals surface area (Å²) in [5.74, 6) is 0.687. The molecule has 0 amide bonds. The molecule has 2 rings (SSSR count). The smallest absolute Gasteiger partial charge is 0.214 e. The van der Waals surface area contributed by atoms with Gasteiger partial charge in [-0.1, -0.05) is 0 Å². The Morgan fingerprint density at radius 1 is 1.25 bits per heavy atom. The van der Waals surface area contributed by atoms with E-state index in [1.165, 1.54) is 31.6 Å². The van der Waals surface area contributed by atoms with Gasteiger partial charge in [-0.2, -0.15) is 0 Å². The van der Waals surface area contributed by atoms with Crippen LogP contribution >= 0.6 is 0 Å². The molecule has 0 saturated carbocycles. The van der Waals surface area contributed by atoms with Crippen molar-refractivity contribution < 1.29 is 4.74 Å². The molecular formula is C15H26N4O. The minimum atomic E-state index is 0.687. The molecule has 112 valence electrons. The van der Waals surface area contributed by atoms with Crippen LogP contribution in [0.15, 0.2) is 18.3 Å². The molecule has 0 aromatic carbocycles. The Morgan fingerprint density at radius 3 is 2.95 bits per heavy atom. The Labute approximate surface area is 121 Å². The van der Waals surface area contributed by atoms with Gasteiger partial charge in [-0.05, 0) is 45.0 Å². The van der Waals surface area contributed by atoms with Crippen LogP contribution in [0.3, 0.4) is 0 Å². The van der Waals surface area contributed by atoms with Gasteiger partial charge in [0.2, 0.25) is 5.88 Å². The molecule has 0 aliphatic carbocycles. The van der Waals surface area contributed by atoms with Gasteiger partial charge in [0.05, 0.1) is 7.11 Å². The number of ether oxygens (including phenoxy) is 1. The second kappa shape index (κ2) is 8.07. The summed E-state index contributed by atoms with van der Waals surface area (Å²) in [7, 11) is 1.66. The Bertz CT molecular complexity index is 399. The molecule has 0 atom stereocenters. The van der Waals surface area contributed by atoms with Gasteiger partial charge >= 0.3 is 0 Å². The first-order chi connectivity index (χ1) is 9.83. The van der Waals surface area contributed by atoms with Crippen LogP contribution in [0.2, 0.25) is 0 Å². The van der Waals surface area contributed by atoms with Crippen molar-refractivity contribution in [1.82, 2.24) is 9.88 Å². The van der Waals surface area contributed by atoms with E-state index in [-0.39, 0.29) is 0 Å². The van der Waals surface area contributed by atoms with E-state index in [0.717, 1.165) is 32.6 Å². The third kappa shape index (κ3) is 4.35. The molecular weight excluding hydrogens is 252 g/mol. The number of hydrogen-bond donors (Lipinski definition) is 1. The van der Waals surface area contributed by atoms with Crippen LogP contribution in [0.4, 0.5) is 5.69 Å². The number of pyridine rings is 1. The van der Waals surface area contributed by atoms with Crippen molar-refractivity contribution >= 4 is 5.69 Å². The summed E-state index contributed by atoms with van der Waals surface area (Å²) in [4.78, 5) is 9.14. The van der Waals surface area contributed by atoms with E-state index >= 15 is 0 Å². The number of unbranched alkanes of at least 4 members (excludes halogenated alkanes) is 1. The van der Waals surface area contributed by atoms with Crippen molar-refractivity contribution in [3.8, 4) is 5.88 Å². The number of rotatable bonds is 6. The highest BCUT2D eigenvalue weighted by Gasteiger charge is 2.15. The molecule has 2 N–H and O–H groups in total. The minimum absolute atomic E-state index is 0.687. The number of hydrogen-bond acceptors (Lipinski definition) is 5. The van der Waals surface area contributed by atoms with E-state index in [4.69, 9.17) is 10.5 Å². The molecule has 0 spiro atoms. The van der Waals surface area contributed by atoms with E-state index in [9.17, 15) is 0 Å². The second-order valence-corrected chi connectivity index (χ2v) is 5.23. The SMILES string of the molecule is COc1cc(N2CCCN(CCCCN)CC2)ccn1. The van der Waals surface area contributed by atoms with Gasteiger partial charge in [0, 0.05) is 37.6 Å². The molecule has 1 aliphatic rings. The normalized spacial score (nSPS) is 17.0. The Kier molecular flexibility index (Phi) is 6.08. The molecule has 0 bridgehead atoms. The molecule has 1 fully saturated rings. The molecule has 0 radical (unpaired) electrons. The van der Waals surface area contributed by atoms with Gasteiger partial charge in [0.1, 0.15) is 0 Å². The van der Waals surface area contributed by atoms with Gasteiger partial charge < -0.3 is 20.3 Å². The lowest BCUT2D eigenvalue weighted by Gasteiger charge is -2.23. The Balaban J connectivity index is 1.88. The van der Waals surface area contributed by atoms with Gasteiger partial charge in [-0.3, -0.25) is 0 Å². The zero-order valence-electron chi connectivity index (χ0n) is 12.4. The number of nitrogens with two attached hydrogens (primary N) is 1. The Hall–Kier alpha value is -1.33. The maximum atomic E-state index is 5.56. The summed E-state index contributed by atoms with van der Waals surface area (Å²) in [5, 5.41) is 0. The van der Waals surface area contributed by atoms with E-state index in [2.05, 4.69) is 20.9 Å². The average molecular weight is 278 g/mol. The molecule has 1 saturated heterocycles. The summed E-state index contributed by atoms with van der Waals surface area (Å²) >= 11 is 0. The van der Waals surface area contributed by atoms with Crippen molar-refractivity contribution in [3.63, 3.8) is 0 Å². The quantitative estimate of drug-likeness (QED) is 0.796. The summed E-state index contributed by atoms with van der Waals surface area (Å²) in [5.41, 5.74) is 6.76. The first kappa shape index (κ1) is 15.1. The zero-order chi connectivity index (χ0) is 14.2. The summed E-state index contributed by atoms with van der Waals surface area (Å²) < 4.78 is 5.20. The van der Waals surface area contributed by atoms with Crippen LogP contribution in [0.1, 0.15) is 19.3 Å². The molecule has 2 heterocycles. The average Bonchev–Trinajstić information content (AvgIpc) is 2.73. The monoisotopic (exact) mass is 278 g/mol. The van der Waals surface area contributed by atoms with Crippen molar-refractivity contribution in [2.75, 3.05) is 51.3 Å². The minimum Gasteiger partial charge on any atom is -0.481 e. The number of aromatic nitrogens is 1. The van der Waals surface area contributed by atoms with Gasteiger partial charge in [0.15, 0.2) is 0 Å². The van der Waals surface area contributed by atoms with E-state index in [1.807, 2.05) is 12.3 Å².